The van der Waals surface area contributed by atoms with Gasteiger partial charge in [-0.15, -0.1) is 0 Å². The maximum Gasteiger partial charge on any atom is 0.335 e. The van der Waals surface area contributed by atoms with Crippen LogP contribution in [0.1, 0.15) is 35.3 Å². The first-order chi connectivity index (χ1) is 16.8. The van der Waals surface area contributed by atoms with Gasteiger partial charge < -0.3 is 19.5 Å². The van der Waals surface area contributed by atoms with Gasteiger partial charge in [-0.1, -0.05) is 66.7 Å². The molecule has 0 aromatic heterocycles. The van der Waals surface area contributed by atoms with Crippen molar-refractivity contribution in [3.8, 4) is 11.1 Å². The van der Waals surface area contributed by atoms with Crippen LogP contribution in [0.4, 0.5) is 0 Å². The van der Waals surface area contributed by atoms with Gasteiger partial charge in [0.2, 0.25) is 0 Å². The van der Waals surface area contributed by atoms with Crippen molar-refractivity contribution in [2.45, 2.75) is 32.5 Å². The van der Waals surface area contributed by atoms with Crippen LogP contribution in [0.15, 0.2) is 78.9 Å². The summed E-state index contributed by atoms with van der Waals surface area (Å²) in [6, 6.07) is 22.9. The highest BCUT2D eigenvalue weighted by Gasteiger charge is 2.25. The third-order valence-electron chi connectivity index (χ3n) is 5.35. The van der Waals surface area contributed by atoms with Crippen LogP contribution in [0.25, 0.3) is 11.1 Å². The van der Waals surface area contributed by atoms with Gasteiger partial charge in [-0.2, -0.15) is 0 Å². The lowest BCUT2D eigenvalue weighted by Crippen LogP contribution is -2.42. The average Bonchev–Trinajstić information content (AvgIpc) is 2.85. The molecule has 0 heterocycles. The Morgan fingerprint density at radius 3 is 1.91 bits per heavy atom. The number of carbonyl (C=O) groups is 2. The molecular formula is C27H30NO6P. The van der Waals surface area contributed by atoms with Crippen molar-refractivity contribution in [3.05, 3.63) is 95.6 Å². The molecule has 0 aliphatic carbocycles. The van der Waals surface area contributed by atoms with Crippen LogP contribution >= 0.6 is 7.60 Å². The average molecular weight is 496 g/mol. The zero-order chi connectivity index (χ0) is 25.3. The number of hydrogen-bond donors (Lipinski definition) is 2. The van der Waals surface area contributed by atoms with E-state index in [4.69, 9.17) is 9.05 Å². The van der Waals surface area contributed by atoms with Crippen molar-refractivity contribution in [3.63, 3.8) is 0 Å². The van der Waals surface area contributed by atoms with Crippen molar-refractivity contribution in [2.75, 3.05) is 13.2 Å². The molecule has 0 radical (unpaired) electrons. The molecule has 2 N–H and O–H groups in total. The summed E-state index contributed by atoms with van der Waals surface area (Å²) in [5.74, 6) is -1.61. The van der Waals surface area contributed by atoms with E-state index in [2.05, 4.69) is 5.32 Å². The predicted molar refractivity (Wildman–Crippen MR) is 135 cm³/mol. The summed E-state index contributed by atoms with van der Waals surface area (Å²) < 4.78 is 23.3. The molecule has 0 bridgehead atoms. The zero-order valence-electron chi connectivity index (χ0n) is 19.8. The Labute approximate surface area is 205 Å². The van der Waals surface area contributed by atoms with Crippen LogP contribution in [0.2, 0.25) is 0 Å². The van der Waals surface area contributed by atoms with E-state index in [9.17, 15) is 19.3 Å². The number of benzene rings is 3. The van der Waals surface area contributed by atoms with Gasteiger partial charge in [0.05, 0.1) is 19.4 Å². The second kappa shape index (κ2) is 12.5. The Morgan fingerprint density at radius 2 is 1.37 bits per heavy atom. The minimum absolute atomic E-state index is 0.0906. The lowest BCUT2D eigenvalue weighted by Gasteiger charge is -2.17. The molecule has 1 atom stereocenters. The number of carbonyl (C=O) groups excluding carboxylic acids is 1. The summed E-state index contributed by atoms with van der Waals surface area (Å²) in [4.78, 5) is 24.5. The summed E-state index contributed by atoms with van der Waals surface area (Å²) in [5, 5.41) is 12.3. The maximum atomic E-state index is 12.7. The molecule has 0 aliphatic rings. The third kappa shape index (κ3) is 7.62. The standard InChI is InChI=1S/C27H30NO6P/c1-3-33-35(32,34-4-2)19-21-12-16-24(17-13-21)26(29)28-25(27(30)31)18-20-10-14-23(15-11-20)22-8-6-5-7-9-22/h5-17,25H,3-4,18-19H2,1-2H3,(H,28,29)(H,30,31)/t25-/m1/s1. The smallest absolute Gasteiger partial charge is 0.335 e. The Bertz CT molecular complexity index is 1150. The lowest BCUT2D eigenvalue weighted by atomic mass is 10.0. The van der Waals surface area contributed by atoms with Gasteiger partial charge in [0, 0.05) is 12.0 Å². The Kier molecular flexibility index (Phi) is 9.38. The fraction of sp³-hybridized carbons (Fsp3) is 0.259. The Hall–Kier alpha value is -3.25. The number of aliphatic carboxylic acids is 1. The predicted octanol–water partition coefficient (Wildman–Crippen LogP) is 5.55. The van der Waals surface area contributed by atoms with Gasteiger partial charge in [-0.05, 0) is 48.2 Å². The maximum absolute atomic E-state index is 12.7. The van der Waals surface area contributed by atoms with Crippen LogP contribution in [-0.2, 0) is 31.0 Å². The highest BCUT2D eigenvalue weighted by Crippen LogP contribution is 2.51. The Morgan fingerprint density at radius 1 is 0.829 bits per heavy atom. The molecule has 0 unspecified atom stereocenters. The Balaban J connectivity index is 1.64. The highest BCUT2D eigenvalue weighted by atomic mass is 31.2. The molecule has 0 spiro atoms. The first-order valence-corrected chi connectivity index (χ1v) is 13.2. The molecule has 0 fully saturated rings. The first-order valence-electron chi connectivity index (χ1n) is 11.5. The fourth-order valence-electron chi connectivity index (χ4n) is 3.65. The van der Waals surface area contributed by atoms with E-state index >= 15 is 0 Å². The van der Waals surface area contributed by atoms with Crippen molar-refractivity contribution in [1.82, 2.24) is 5.32 Å². The molecule has 3 aromatic rings. The number of amides is 1. The molecule has 0 saturated heterocycles. The third-order valence-corrected chi connectivity index (χ3v) is 7.40. The molecule has 35 heavy (non-hydrogen) atoms. The normalized spacial score (nSPS) is 12.2. The van der Waals surface area contributed by atoms with Gasteiger partial charge in [-0.3, -0.25) is 9.36 Å². The second-order valence-electron chi connectivity index (χ2n) is 7.93. The van der Waals surface area contributed by atoms with Crippen LogP contribution in [0.5, 0.6) is 0 Å². The minimum atomic E-state index is -3.26. The van der Waals surface area contributed by atoms with E-state index in [1.807, 2.05) is 54.6 Å². The number of carboxylic acid groups (broad SMARTS) is 1. The van der Waals surface area contributed by atoms with Gasteiger partial charge >= 0.3 is 13.6 Å². The largest absolute Gasteiger partial charge is 0.480 e. The van der Waals surface area contributed by atoms with Crippen molar-refractivity contribution >= 4 is 19.5 Å². The molecule has 0 saturated carbocycles. The van der Waals surface area contributed by atoms with E-state index in [0.717, 1.165) is 16.7 Å². The van der Waals surface area contributed by atoms with E-state index in [0.29, 0.717) is 11.1 Å². The minimum Gasteiger partial charge on any atom is -0.480 e. The molecule has 8 heteroatoms. The molecule has 3 rings (SSSR count). The SMILES string of the molecule is CCOP(=O)(Cc1ccc(C(=O)N[C@H](Cc2ccc(-c3ccccc3)cc2)C(=O)O)cc1)OCC. The quantitative estimate of drug-likeness (QED) is 0.320. The van der Waals surface area contributed by atoms with Gasteiger partial charge in [0.1, 0.15) is 6.04 Å². The number of rotatable bonds is 12. The number of carboxylic acids is 1. The molecule has 0 aliphatic heterocycles. The van der Waals surface area contributed by atoms with Crippen LogP contribution < -0.4 is 5.32 Å². The summed E-state index contributed by atoms with van der Waals surface area (Å²) in [6.07, 6.45) is 0.243. The van der Waals surface area contributed by atoms with Crippen molar-refractivity contribution in [1.29, 1.82) is 0 Å². The van der Waals surface area contributed by atoms with Gasteiger partial charge in [0.25, 0.3) is 5.91 Å². The summed E-state index contributed by atoms with van der Waals surface area (Å²) in [5.41, 5.74) is 3.91. The van der Waals surface area contributed by atoms with Gasteiger partial charge in [-0.25, -0.2) is 4.79 Å². The first kappa shape index (κ1) is 26.4. The molecular weight excluding hydrogens is 465 g/mol. The second-order valence-corrected chi connectivity index (χ2v) is 9.99. The molecule has 3 aromatic carbocycles. The lowest BCUT2D eigenvalue weighted by molar-refractivity contribution is -0.139. The summed E-state index contributed by atoms with van der Waals surface area (Å²) in [7, 11) is -3.26. The number of nitrogens with one attached hydrogen (secondary N) is 1. The van der Waals surface area contributed by atoms with E-state index < -0.39 is 25.5 Å². The monoisotopic (exact) mass is 495 g/mol. The van der Waals surface area contributed by atoms with Crippen LogP contribution in [0.3, 0.4) is 0 Å². The van der Waals surface area contributed by atoms with E-state index in [1.54, 1.807) is 38.1 Å². The van der Waals surface area contributed by atoms with Crippen molar-refractivity contribution < 1.29 is 28.3 Å². The summed E-state index contributed by atoms with van der Waals surface area (Å²) in [6.45, 7) is 4.03. The van der Waals surface area contributed by atoms with Gasteiger partial charge in [0.15, 0.2) is 0 Å². The van der Waals surface area contributed by atoms with Crippen LogP contribution in [-0.4, -0.2) is 36.2 Å². The molecule has 1 amide bonds. The highest BCUT2D eigenvalue weighted by molar-refractivity contribution is 7.53. The fourth-order valence-corrected chi connectivity index (χ4v) is 5.35. The van der Waals surface area contributed by atoms with E-state index in [-0.39, 0.29) is 25.8 Å². The van der Waals surface area contributed by atoms with Crippen LogP contribution in [0, 0.1) is 0 Å². The number of hydrogen-bond acceptors (Lipinski definition) is 5. The molecule has 184 valence electrons. The topological polar surface area (TPSA) is 102 Å². The zero-order valence-corrected chi connectivity index (χ0v) is 20.7. The summed E-state index contributed by atoms with van der Waals surface area (Å²) >= 11 is 0. The van der Waals surface area contributed by atoms with E-state index in [1.165, 1.54) is 0 Å². The molecule has 7 nitrogen and oxygen atoms in total. The van der Waals surface area contributed by atoms with Crippen molar-refractivity contribution in [2.24, 2.45) is 0 Å².